The van der Waals surface area contributed by atoms with E-state index in [0.717, 1.165) is 45.1 Å². The lowest BCUT2D eigenvalue weighted by Crippen LogP contribution is -2.42. The average molecular weight is 374 g/mol. The van der Waals surface area contributed by atoms with E-state index in [-0.39, 0.29) is 30.4 Å². The summed E-state index contributed by atoms with van der Waals surface area (Å²) < 4.78 is 5.31. The molecule has 1 aromatic heterocycles. The number of piperidine rings is 1. The highest BCUT2D eigenvalue weighted by Gasteiger charge is 2.28. The normalized spacial score (nSPS) is 21.8. The van der Waals surface area contributed by atoms with E-state index in [4.69, 9.17) is 4.74 Å². The molecule has 0 spiro atoms. The van der Waals surface area contributed by atoms with E-state index in [1.807, 2.05) is 4.90 Å². The van der Waals surface area contributed by atoms with Gasteiger partial charge in [0.1, 0.15) is 0 Å². The number of aromatic nitrogens is 2. The van der Waals surface area contributed by atoms with Gasteiger partial charge in [0.2, 0.25) is 5.95 Å². The monoisotopic (exact) mass is 374 g/mol. The van der Waals surface area contributed by atoms with Gasteiger partial charge in [-0.3, -0.25) is 9.59 Å². The summed E-state index contributed by atoms with van der Waals surface area (Å²) in [6.45, 7) is 1.18. The lowest BCUT2D eigenvalue weighted by molar-refractivity contribution is -0.153. The van der Waals surface area contributed by atoms with Crippen molar-refractivity contribution in [3.05, 3.63) is 18.5 Å². The Labute approximate surface area is 160 Å². The third-order valence-corrected chi connectivity index (χ3v) is 5.41. The first-order chi connectivity index (χ1) is 13.2. The van der Waals surface area contributed by atoms with Gasteiger partial charge in [0.15, 0.2) is 6.61 Å². The van der Waals surface area contributed by atoms with Gasteiger partial charge in [0.25, 0.3) is 5.91 Å². The molecule has 2 heterocycles. The molecular weight excluding hydrogens is 344 g/mol. The molecule has 1 amide bonds. The molecule has 0 bridgehead atoms. The van der Waals surface area contributed by atoms with Crippen molar-refractivity contribution in [1.82, 2.24) is 15.3 Å². The number of carbonyl (C=O) groups is 2. The fourth-order valence-electron chi connectivity index (χ4n) is 3.93. The van der Waals surface area contributed by atoms with Gasteiger partial charge in [-0.15, -0.1) is 0 Å². The van der Waals surface area contributed by atoms with Crippen molar-refractivity contribution in [2.75, 3.05) is 24.6 Å². The van der Waals surface area contributed by atoms with E-state index in [0.29, 0.717) is 12.5 Å². The topological polar surface area (TPSA) is 84.4 Å². The van der Waals surface area contributed by atoms with Crippen LogP contribution in [0.1, 0.15) is 57.8 Å². The fraction of sp³-hybridized carbons (Fsp3) is 0.700. The van der Waals surface area contributed by atoms with Crippen molar-refractivity contribution in [2.24, 2.45) is 5.92 Å². The minimum atomic E-state index is -0.302. The van der Waals surface area contributed by atoms with Crippen LogP contribution in [-0.4, -0.2) is 47.6 Å². The second-order valence-corrected chi connectivity index (χ2v) is 7.55. The summed E-state index contributed by atoms with van der Waals surface area (Å²) in [7, 11) is 0. The highest BCUT2D eigenvalue weighted by molar-refractivity contribution is 5.81. The number of carbonyl (C=O) groups excluding carboxylic acids is 2. The van der Waals surface area contributed by atoms with Crippen LogP contribution in [0.15, 0.2) is 18.5 Å². The smallest absolute Gasteiger partial charge is 0.311 e. The number of rotatable bonds is 5. The number of ether oxygens (including phenoxy) is 1. The molecule has 1 aliphatic heterocycles. The standard InChI is InChI=1S/C20H30N4O3/c25-18(23-17-9-4-2-1-3-5-10-17)15-27-19(26)16-8-6-13-24(14-16)20-21-11-7-12-22-20/h7,11-12,16-17H,1-6,8-10,13-15H2,(H,23,25)/t16-/m0/s1. The van der Waals surface area contributed by atoms with Crippen LogP contribution in [0.25, 0.3) is 0 Å². The lowest BCUT2D eigenvalue weighted by Gasteiger charge is -2.31. The van der Waals surface area contributed by atoms with Crippen molar-refractivity contribution in [3.8, 4) is 0 Å². The van der Waals surface area contributed by atoms with Crippen molar-refractivity contribution in [3.63, 3.8) is 0 Å². The van der Waals surface area contributed by atoms with Gasteiger partial charge in [-0.25, -0.2) is 9.97 Å². The number of hydrogen-bond donors (Lipinski definition) is 1. The van der Waals surface area contributed by atoms with Gasteiger partial charge < -0.3 is 15.0 Å². The van der Waals surface area contributed by atoms with E-state index in [1.54, 1.807) is 18.5 Å². The lowest BCUT2D eigenvalue weighted by atomic mass is 9.97. The predicted molar refractivity (Wildman–Crippen MR) is 102 cm³/mol. The van der Waals surface area contributed by atoms with Crippen molar-refractivity contribution < 1.29 is 14.3 Å². The quantitative estimate of drug-likeness (QED) is 0.797. The maximum Gasteiger partial charge on any atom is 0.311 e. The van der Waals surface area contributed by atoms with Gasteiger partial charge in [-0.05, 0) is 31.7 Å². The summed E-state index contributed by atoms with van der Waals surface area (Å²) in [6.07, 6.45) is 13.2. The molecule has 7 nitrogen and oxygen atoms in total. The van der Waals surface area contributed by atoms with Crippen LogP contribution >= 0.6 is 0 Å². The summed E-state index contributed by atoms with van der Waals surface area (Å²) in [6, 6.07) is 1.99. The summed E-state index contributed by atoms with van der Waals surface area (Å²) in [5, 5.41) is 3.03. The molecular formula is C20H30N4O3. The molecule has 2 aliphatic rings. The predicted octanol–water partition coefficient (Wildman–Crippen LogP) is 2.47. The van der Waals surface area contributed by atoms with Gasteiger partial charge >= 0.3 is 5.97 Å². The number of nitrogens with zero attached hydrogens (tertiary/aromatic N) is 3. The van der Waals surface area contributed by atoms with Gasteiger partial charge in [-0.1, -0.05) is 32.1 Å². The highest BCUT2D eigenvalue weighted by Crippen LogP contribution is 2.21. The van der Waals surface area contributed by atoms with Crippen LogP contribution in [-0.2, 0) is 14.3 Å². The number of nitrogens with one attached hydrogen (secondary N) is 1. The minimum Gasteiger partial charge on any atom is -0.455 e. The molecule has 1 aromatic rings. The maximum absolute atomic E-state index is 12.4. The molecule has 1 aliphatic carbocycles. The highest BCUT2D eigenvalue weighted by atomic mass is 16.5. The summed E-state index contributed by atoms with van der Waals surface area (Å²) in [5.41, 5.74) is 0. The number of esters is 1. The van der Waals surface area contributed by atoms with Crippen molar-refractivity contribution >= 4 is 17.8 Å². The van der Waals surface area contributed by atoms with Gasteiger partial charge in [-0.2, -0.15) is 0 Å². The molecule has 148 valence electrons. The van der Waals surface area contributed by atoms with Crippen LogP contribution in [0.5, 0.6) is 0 Å². The Morgan fingerprint density at radius 3 is 2.48 bits per heavy atom. The molecule has 1 N–H and O–H groups in total. The van der Waals surface area contributed by atoms with Gasteiger partial charge in [0.05, 0.1) is 5.92 Å². The van der Waals surface area contributed by atoms with Crippen LogP contribution in [0.2, 0.25) is 0 Å². The average Bonchev–Trinajstić information content (AvgIpc) is 2.69. The third kappa shape index (κ3) is 6.19. The van der Waals surface area contributed by atoms with Crippen LogP contribution in [0, 0.1) is 5.92 Å². The Hall–Kier alpha value is -2.18. The maximum atomic E-state index is 12.4. The summed E-state index contributed by atoms with van der Waals surface area (Å²) >= 11 is 0. The summed E-state index contributed by atoms with van der Waals surface area (Å²) in [4.78, 5) is 35.1. The molecule has 0 unspecified atom stereocenters. The zero-order chi connectivity index (χ0) is 18.9. The van der Waals surface area contributed by atoms with Crippen molar-refractivity contribution in [1.29, 1.82) is 0 Å². The van der Waals surface area contributed by atoms with Crippen LogP contribution in [0.3, 0.4) is 0 Å². The third-order valence-electron chi connectivity index (χ3n) is 5.41. The first kappa shape index (κ1) is 19.6. The Morgan fingerprint density at radius 2 is 1.74 bits per heavy atom. The van der Waals surface area contributed by atoms with E-state index < -0.39 is 0 Å². The molecule has 27 heavy (non-hydrogen) atoms. The van der Waals surface area contributed by atoms with Crippen LogP contribution in [0.4, 0.5) is 5.95 Å². The SMILES string of the molecule is O=C(COC(=O)[C@H]1CCCN(c2ncccn2)C1)NC1CCCCCCC1. The zero-order valence-corrected chi connectivity index (χ0v) is 15.9. The van der Waals surface area contributed by atoms with E-state index in [9.17, 15) is 9.59 Å². The molecule has 1 atom stereocenters. The molecule has 0 aromatic carbocycles. The second kappa shape index (κ2) is 10.2. The minimum absolute atomic E-state index is 0.187. The molecule has 7 heteroatoms. The zero-order valence-electron chi connectivity index (χ0n) is 15.9. The molecule has 2 fully saturated rings. The number of anilines is 1. The second-order valence-electron chi connectivity index (χ2n) is 7.55. The van der Waals surface area contributed by atoms with Gasteiger partial charge in [0, 0.05) is 31.5 Å². The molecule has 3 rings (SSSR count). The summed E-state index contributed by atoms with van der Waals surface area (Å²) in [5.74, 6) is -0.0924. The molecule has 1 saturated carbocycles. The largest absolute Gasteiger partial charge is 0.455 e. The van der Waals surface area contributed by atoms with E-state index in [1.165, 1.54) is 19.3 Å². The van der Waals surface area contributed by atoms with E-state index >= 15 is 0 Å². The fourth-order valence-corrected chi connectivity index (χ4v) is 3.93. The van der Waals surface area contributed by atoms with E-state index in [2.05, 4.69) is 15.3 Å². The molecule has 0 radical (unpaired) electrons. The number of amides is 1. The Balaban J connectivity index is 1.42. The first-order valence-corrected chi connectivity index (χ1v) is 10.2. The van der Waals surface area contributed by atoms with Crippen LogP contribution < -0.4 is 10.2 Å². The van der Waals surface area contributed by atoms with Crippen molar-refractivity contribution in [2.45, 2.75) is 63.8 Å². The first-order valence-electron chi connectivity index (χ1n) is 10.2. The number of hydrogen-bond acceptors (Lipinski definition) is 6. The molecule has 1 saturated heterocycles. The Kier molecular flexibility index (Phi) is 7.42. The Bertz CT molecular complexity index is 603. The Morgan fingerprint density at radius 1 is 1.04 bits per heavy atom.